The third-order valence-electron chi connectivity index (χ3n) is 2.59. The zero-order valence-electron chi connectivity index (χ0n) is 8.43. The van der Waals surface area contributed by atoms with Gasteiger partial charge in [-0.05, 0) is 18.1 Å². The quantitative estimate of drug-likeness (QED) is 0.820. The first-order valence-electron chi connectivity index (χ1n) is 4.77. The minimum absolute atomic E-state index is 0.226. The van der Waals surface area contributed by atoms with Gasteiger partial charge in [-0.25, -0.2) is 4.39 Å². The van der Waals surface area contributed by atoms with E-state index in [2.05, 4.69) is 0 Å². The zero-order valence-corrected chi connectivity index (χ0v) is 9.18. The Morgan fingerprint density at radius 2 is 2.14 bits per heavy atom. The van der Waals surface area contributed by atoms with Crippen LogP contribution in [0.25, 0.3) is 0 Å². The van der Waals surface area contributed by atoms with Crippen molar-refractivity contribution in [1.82, 2.24) is 0 Å². The summed E-state index contributed by atoms with van der Waals surface area (Å²) in [7, 11) is 0. The lowest BCUT2D eigenvalue weighted by Crippen LogP contribution is -2.20. The van der Waals surface area contributed by atoms with Crippen LogP contribution in [0, 0.1) is 11.7 Å². The molecule has 0 fully saturated rings. The molecule has 2 atom stereocenters. The van der Waals surface area contributed by atoms with Gasteiger partial charge in [-0.1, -0.05) is 37.9 Å². The van der Waals surface area contributed by atoms with Gasteiger partial charge >= 0.3 is 0 Å². The third kappa shape index (κ3) is 2.25. The van der Waals surface area contributed by atoms with Crippen molar-refractivity contribution in [3.05, 3.63) is 34.6 Å². The van der Waals surface area contributed by atoms with Gasteiger partial charge in [0.15, 0.2) is 0 Å². The highest BCUT2D eigenvalue weighted by molar-refractivity contribution is 6.31. The van der Waals surface area contributed by atoms with E-state index < -0.39 is 0 Å². The lowest BCUT2D eigenvalue weighted by atomic mass is 9.93. The molecule has 0 spiro atoms. The molecule has 1 unspecified atom stereocenters. The first-order chi connectivity index (χ1) is 6.57. The van der Waals surface area contributed by atoms with E-state index in [1.807, 2.05) is 13.8 Å². The van der Waals surface area contributed by atoms with Crippen molar-refractivity contribution >= 4 is 11.6 Å². The van der Waals surface area contributed by atoms with Gasteiger partial charge in [0, 0.05) is 16.6 Å². The van der Waals surface area contributed by atoms with Crippen LogP contribution in [0.3, 0.4) is 0 Å². The molecule has 0 aromatic heterocycles. The van der Waals surface area contributed by atoms with Gasteiger partial charge in [0.1, 0.15) is 5.82 Å². The van der Waals surface area contributed by atoms with E-state index in [0.717, 1.165) is 6.42 Å². The number of hydrogen-bond donors (Lipinski definition) is 1. The SMILES string of the molecule is CCC(C)[C@H](N)c1c(F)cccc1Cl. The Bertz CT molecular complexity index is 294. The normalized spacial score (nSPS) is 15.2. The molecule has 14 heavy (non-hydrogen) atoms. The predicted molar refractivity (Wildman–Crippen MR) is 57.8 cm³/mol. The van der Waals surface area contributed by atoms with Crippen LogP contribution in [0.4, 0.5) is 4.39 Å². The molecule has 0 aliphatic heterocycles. The van der Waals surface area contributed by atoms with Crippen molar-refractivity contribution < 1.29 is 4.39 Å². The molecular weight excluding hydrogens is 201 g/mol. The number of benzene rings is 1. The monoisotopic (exact) mass is 215 g/mol. The second-order valence-corrected chi connectivity index (χ2v) is 3.95. The van der Waals surface area contributed by atoms with Crippen molar-refractivity contribution in [1.29, 1.82) is 0 Å². The van der Waals surface area contributed by atoms with Gasteiger partial charge in [0.25, 0.3) is 0 Å². The molecule has 3 heteroatoms. The molecule has 0 saturated carbocycles. The van der Waals surface area contributed by atoms with Crippen molar-refractivity contribution in [2.75, 3.05) is 0 Å². The van der Waals surface area contributed by atoms with Gasteiger partial charge in [-0.2, -0.15) is 0 Å². The summed E-state index contributed by atoms with van der Waals surface area (Å²) < 4.78 is 13.4. The van der Waals surface area contributed by atoms with E-state index in [9.17, 15) is 4.39 Å². The Morgan fingerprint density at radius 3 is 2.64 bits per heavy atom. The minimum Gasteiger partial charge on any atom is -0.324 e. The van der Waals surface area contributed by atoms with Crippen LogP contribution in [0.15, 0.2) is 18.2 Å². The van der Waals surface area contributed by atoms with Gasteiger partial charge in [-0.3, -0.25) is 0 Å². The van der Waals surface area contributed by atoms with Crippen LogP contribution in [-0.4, -0.2) is 0 Å². The fourth-order valence-electron chi connectivity index (χ4n) is 1.37. The summed E-state index contributed by atoms with van der Waals surface area (Å²) in [5.74, 6) is -0.0882. The summed E-state index contributed by atoms with van der Waals surface area (Å²) in [5.41, 5.74) is 6.36. The van der Waals surface area contributed by atoms with Gasteiger partial charge in [-0.15, -0.1) is 0 Å². The Morgan fingerprint density at radius 1 is 1.50 bits per heavy atom. The van der Waals surface area contributed by atoms with Crippen LogP contribution >= 0.6 is 11.6 Å². The van der Waals surface area contributed by atoms with Crippen LogP contribution in [0.5, 0.6) is 0 Å². The third-order valence-corrected chi connectivity index (χ3v) is 2.92. The van der Waals surface area contributed by atoms with E-state index in [1.54, 1.807) is 12.1 Å². The van der Waals surface area contributed by atoms with Crippen LogP contribution in [0.2, 0.25) is 5.02 Å². The largest absolute Gasteiger partial charge is 0.324 e. The molecule has 0 amide bonds. The highest BCUT2D eigenvalue weighted by Gasteiger charge is 2.19. The van der Waals surface area contributed by atoms with Crippen molar-refractivity contribution in [2.45, 2.75) is 26.3 Å². The first-order valence-corrected chi connectivity index (χ1v) is 5.15. The second-order valence-electron chi connectivity index (χ2n) is 3.55. The first kappa shape index (κ1) is 11.5. The van der Waals surface area contributed by atoms with E-state index in [0.29, 0.717) is 10.6 Å². The lowest BCUT2D eigenvalue weighted by molar-refractivity contribution is 0.439. The molecule has 1 nitrogen and oxygen atoms in total. The highest BCUT2D eigenvalue weighted by atomic mass is 35.5. The van der Waals surface area contributed by atoms with Crippen molar-refractivity contribution in [2.24, 2.45) is 11.7 Å². The second kappa shape index (κ2) is 4.76. The average Bonchev–Trinajstić information content (AvgIpc) is 2.16. The molecule has 0 saturated heterocycles. The predicted octanol–water partition coefficient (Wildman–Crippen LogP) is 3.53. The van der Waals surface area contributed by atoms with Gasteiger partial charge in [0.2, 0.25) is 0 Å². The van der Waals surface area contributed by atoms with E-state index in [-0.39, 0.29) is 17.8 Å². The highest BCUT2D eigenvalue weighted by Crippen LogP contribution is 2.29. The molecule has 1 aromatic rings. The molecule has 1 rings (SSSR count). The maximum atomic E-state index is 13.4. The van der Waals surface area contributed by atoms with E-state index in [4.69, 9.17) is 17.3 Å². The summed E-state index contributed by atoms with van der Waals surface area (Å²) in [4.78, 5) is 0. The molecule has 2 N–H and O–H groups in total. The molecule has 0 bridgehead atoms. The van der Waals surface area contributed by atoms with Crippen molar-refractivity contribution in [3.63, 3.8) is 0 Å². The Labute approximate surface area is 89.1 Å². The summed E-state index contributed by atoms with van der Waals surface area (Å²) in [6.45, 7) is 4.02. The smallest absolute Gasteiger partial charge is 0.129 e. The maximum absolute atomic E-state index is 13.4. The molecule has 0 radical (unpaired) electrons. The lowest BCUT2D eigenvalue weighted by Gasteiger charge is -2.20. The Kier molecular flexibility index (Phi) is 3.90. The Hall–Kier alpha value is -0.600. The molecule has 1 aromatic carbocycles. The summed E-state index contributed by atoms with van der Waals surface area (Å²) in [6.07, 6.45) is 0.909. The molecule has 78 valence electrons. The van der Waals surface area contributed by atoms with Gasteiger partial charge < -0.3 is 5.73 Å². The molecular formula is C11H15ClFN. The average molecular weight is 216 g/mol. The minimum atomic E-state index is -0.325. The van der Waals surface area contributed by atoms with Crippen LogP contribution in [0.1, 0.15) is 31.9 Å². The standard InChI is InChI=1S/C11H15ClFN/c1-3-7(2)11(14)10-8(12)5-4-6-9(10)13/h4-7,11H,3,14H2,1-2H3/t7?,11-/m0/s1. The zero-order chi connectivity index (χ0) is 10.7. The molecule has 0 aliphatic rings. The topological polar surface area (TPSA) is 26.0 Å². The summed E-state index contributed by atoms with van der Waals surface area (Å²) in [5, 5.41) is 0.415. The number of hydrogen-bond acceptors (Lipinski definition) is 1. The maximum Gasteiger partial charge on any atom is 0.129 e. The number of rotatable bonds is 3. The fourth-order valence-corrected chi connectivity index (χ4v) is 1.66. The summed E-state index contributed by atoms with van der Waals surface area (Å²) in [6, 6.07) is 4.32. The van der Waals surface area contributed by atoms with Gasteiger partial charge in [0.05, 0.1) is 0 Å². The van der Waals surface area contributed by atoms with E-state index >= 15 is 0 Å². The Balaban J connectivity index is 3.05. The molecule has 0 aliphatic carbocycles. The number of halogens is 2. The van der Waals surface area contributed by atoms with Crippen LogP contribution < -0.4 is 5.73 Å². The number of nitrogens with two attached hydrogens (primary N) is 1. The van der Waals surface area contributed by atoms with E-state index in [1.165, 1.54) is 6.07 Å². The van der Waals surface area contributed by atoms with Crippen LogP contribution in [-0.2, 0) is 0 Å². The fraction of sp³-hybridized carbons (Fsp3) is 0.455. The summed E-state index contributed by atoms with van der Waals surface area (Å²) >= 11 is 5.91. The van der Waals surface area contributed by atoms with Crippen molar-refractivity contribution in [3.8, 4) is 0 Å². The molecule has 0 heterocycles.